The normalized spacial score (nSPS) is 24.6. The SMILES string of the molecule is CS(=O)(=O)C1NC(S(C)(=O)=O)(S(C)(=O)=O)COC1(O)c1ccc(-c2ccccc2)cc1. The van der Waals surface area contributed by atoms with Crippen LogP contribution in [-0.2, 0) is 40.0 Å². The summed E-state index contributed by atoms with van der Waals surface area (Å²) in [5, 5.41) is 11.3. The molecule has 0 radical (unpaired) electrons. The summed E-state index contributed by atoms with van der Waals surface area (Å²) in [6.07, 6.45) is 2.06. The van der Waals surface area contributed by atoms with Gasteiger partial charge in [-0.15, -0.1) is 0 Å². The first-order chi connectivity index (χ1) is 14.1. The molecule has 0 amide bonds. The summed E-state index contributed by atoms with van der Waals surface area (Å²) in [6.45, 7) is -1.01. The van der Waals surface area contributed by atoms with Crippen molar-refractivity contribution in [1.82, 2.24) is 5.32 Å². The molecule has 170 valence electrons. The largest absolute Gasteiger partial charge is 0.360 e. The number of aliphatic hydroxyl groups is 1. The van der Waals surface area contributed by atoms with Crippen LogP contribution in [0.4, 0.5) is 0 Å². The van der Waals surface area contributed by atoms with Crippen molar-refractivity contribution in [1.29, 1.82) is 0 Å². The molecule has 2 aromatic rings. The van der Waals surface area contributed by atoms with Gasteiger partial charge in [0.25, 0.3) is 0 Å². The minimum absolute atomic E-state index is 0.0192. The predicted octanol–water partition coefficient (Wildman–Crippen LogP) is 0.232. The van der Waals surface area contributed by atoms with Crippen LogP contribution in [0.1, 0.15) is 5.56 Å². The lowest BCUT2D eigenvalue weighted by Gasteiger charge is -2.46. The van der Waals surface area contributed by atoms with E-state index in [1.807, 2.05) is 30.3 Å². The summed E-state index contributed by atoms with van der Waals surface area (Å²) in [5.41, 5.74) is 1.69. The van der Waals surface area contributed by atoms with Gasteiger partial charge in [-0.2, -0.15) is 0 Å². The number of sulfone groups is 3. The van der Waals surface area contributed by atoms with E-state index >= 15 is 0 Å². The molecule has 31 heavy (non-hydrogen) atoms. The van der Waals surface area contributed by atoms with Gasteiger partial charge in [0.2, 0.25) is 9.99 Å². The van der Waals surface area contributed by atoms with Crippen LogP contribution < -0.4 is 5.32 Å². The zero-order chi connectivity index (χ0) is 23.3. The summed E-state index contributed by atoms with van der Waals surface area (Å²) in [6, 6.07) is 15.4. The fourth-order valence-electron chi connectivity index (χ4n) is 3.49. The van der Waals surface area contributed by atoms with Crippen LogP contribution in [0.2, 0.25) is 0 Å². The van der Waals surface area contributed by atoms with Gasteiger partial charge in [0, 0.05) is 24.3 Å². The molecule has 0 saturated carbocycles. The molecule has 2 atom stereocenters. The van der Waals surface area contributed by atoms with E-state index in [0.717, 1.165) is 17.4 Å². The average molecular weight is 490 g/mol. The molecule has 2 N–H and O–H groups in total. The van der Waals surface area contributed by atoms with Crippen molar-refractivity contribution in [3.05, 3.63) is 60.2 Å². The van der Waals surface area contributed by atoms with Crippen molar-refractivity contribution in [2.75, 3.05) is 25.4 Å². The number of hydrogen-bond donors (Lipinski definition) is 2. The van der Waals surface area contributed by atoms with Crippen LogP contribution in [0.5, 0.6) is 0 Å². The van der Waals surface area contributed by atoms with E-state index in [1.54, 1.807) is 12.1 Å². The third kappa shape index (κ3) is 4.15. The molecule has 0 aliphatic carbocycles. The van der Waals surface area contributed by atoms with Crippen molar-refractivity contribution in [3.8, 4) is 11.1 Å². The molecule has 2 aromatic carbocycles. The second-order valence-electron chi connectivity index (χ2n) is 7.58. The molecule has 1 heterocycles. The van der Waals surface area contributed by atoms with Gasteiger partial charge in [0.05, 0.1) is 6.61 Å². The van der Waals surface area contributed by atoms with E-state index < -0.39 is 51.5 Å². The highest BCUT2D eigenvalue weighted by Gasteiger charge is 2.63. The highest BCUT2D eigenvalue weighted by Crippen LogP contribution is 2.39. The zero-order valence-corrected chi connectivity index (χ0v) is 19.5. The van der Waals surface area contributed by atoms with Gasteiger partial charge in [-0.3, -0.25) is 5.32 Å². The van der Waals surface area contributed by atoms with E-state index in [1.165, 1.54) is 12.1 Å². The smallest absolute Gasteiger partial charge is 0.247 e. The van der Waals surface area contributed by atoms with Crippen molar-refractivity contribution in [2.45, 2.75) is 15.4 Å². The van der Waals surface area contributed by atoms with Gasteiger partial charge in [-0.1, -0.05) is 54.6 Å². The third-order valence-electron chi connectivity index (χ3n) is 5.22. The van der Waals surface area contributed by atoms with Crippen molar-refractivity contribution >= 4 is 29.5 Å². The molecule has 3 rings (SSSR count). The van der Waals surface area contributed by atoms with Gasteiger partial charge < -0.3 is 9.84 Å². The molecule has 9 nitrogen and oxygen atoms in total. The number of nitrogens with one attached hydrogen (secondary N) is 1. The maximum atomic E-state index is 12.5. The maximum Gasteiger partial charge on any atom is 0.247 e. The standard InChI is InChI=1S/C19H23NO8S3/c1-29(22,23)17-19(21,28-13-18(20-17,30(2,24)25)31(3,26)27)16-11-9-15(10-12-16)14-7-5-4-6-8-14/h4-12,17,20-21H,13H2,1-3H3. The monoisotopic (exact) mass is 489 g/mol. The molecular formula is C19H23NO8S3. The van der Waals surface area contributed by atoms with E-state index in [0.29, 0.717) is 12.5 Å². The zero-order valence-electron chi connectivity index (χ0n) is 17.0. The first-order valence-electron chi connectivity index (χ1n) is 9.00. The van der Waals surface area contributed by atoms with E-state index in [-0.39, 0.29) is 5.56 Å². The van der Waals surface area contributed by atoms with Gasteiger partial charge in [-0.05, 0) is 11.1 Å². The Hall–Kier alpha value is -1.83. The van der Waals surface area contributed by atoms with Gasteiger partial charge in [0.1, 0.15) is 0 Å². The van der Waals surface area contributed by atoms with Gasteiger partial charge >= 0.3 is 0 Å². The third-order valence-corrected chi connectivity index (χ3v) is 11.2. The summed E-state index contributed by atoms with van der Waals surface area (Å²) >= 11 is 0. The Morgan fingerprint density at radius 3 is 1.77 bits per heavy atom. The molecule has 1 aliphatic heterocycles. The fourth-order valence-corrected chi connectivity index (χ4v) is 8.25. The first kappa shape index (κ1) is 23.8. The first-order valence-corrected chi connectivity index (χ1v) is 14.7. The van der Waals surface area contributed by atoms with Crippen molar-refractivity contribution in [3.63, 3.8) is 0 Å². The van der Waals surface area contributed by atoms with E-state index in [4.69, 9.17) is 4.74 Å². The van der Waals surface area contributed by atoms with Crippen LogP contribution >= 0.6 is 0 Å². The number of ether oxygens (including phenoxy) is 1. The van der Waals surface area contributed by atoms with Crippen LogP contribution in [-0.4, -0.2) is 65.3 Å². The van der Waals surface area contributed by atoms with Crippen LogP contribution in [0.25, 0.3) is 11.1 Å². The molecule has 2 unspecified atom stereocenters. The molecular weight excluding hydrogens is 466 g/mol. The second-order valence-corrected chi connectivity index (χ2v) is 14.5. The minimum Gasteiger partial charge on any atom is -0.360 e. The lowest BCUT2D eigenvalue weighted by molar-refractivity contribution is -0.238. The van der Waals surface area contributed by atoms with Gasteiger partial charge in [-0.25, -0.2) is 25.3 Å². The summed E-state index contributed by atoms with van der Waals surface area (Å²) in [7, 11) is -13.1. The summed E-state index contributed by atoms with van der Waals surface area (Å²) in [5.74, 6) is -2.53. The van der Waals surface area contributed by atoms with Crippen LogP contribution in [0.3, 0.4) is 0 Å². The minimum atomic E-state index is -4.41. The van der Waals surface area contributed by atoms with E-state index in [2.05, 4.69) is 5.32 Å². The Bertz CT molecular complexity index is 1260. The molecule has 1 aliphatic rings. The number of benzene rings is 2. The van der Waals surface area contributed by atoms with Crippen molar-refractivity contribution < 1.29 is 35.1 Å². The number of morpholine rings is 1. The fraction of sp³-hybridized carbons (Fsp3) is 0.368. The highest BCUT2D eigenvalue weighted by atomic mass is 32.3. The Morgan fingerprint density at radius 1 is 0.839 bits per heavy atom. The van der Waals surface area contributed by atoms with Crippen molar-refractivity contribution in [2.24, 2.45) is 0 Å². The Kier molecular flexibility index (Phi) is 5.87. The Balaban J connectivity index is 2.11. The topological polar surface area (TPSA) is 144 Å². The van der Waals surface area contributed by atoms with Gasteiger partial charge in [0.15, 0.2) is 34.9 Å². The highest BCUT2D eigenvalue weighted by molar-refractivity contribution is 8.09. The molecule has 0 bridgehead atoms. The number of hydrogen-bond acceptors (Lipinski definition) is 9. The molecule has 1 saturated heterocycles. The van der Waals surface area contributed by atoms with Crippen LogP contribution in [0, 0.1) is 0 Å². The summed E-state index contributed by atoms with van der Waals surface area (Å²) in [4.78, 5) is 0. The Morgan fingerprint density at radius 2 is 1.32 bits per heavy atom. The quantitative estimate of drug-likeness (QED) is 0.603. The number of rotatable bonds is 5. The molecule has 0 aromatic heterocycles. The summed E-state index contributed by atoms with van der Waals surface area (Å²) < 4.78 is 77.2. The molecule has 12 heteroatoms. The van der Waals surface area contributed by atoms with Crippen LogP contribution in [0.15, 0.2) is 54.6 Å². The van der Waals surface area contributed by atoms with E-state index in [9.17, 15) is 30.4 Å². The second kappa shape index (κ2) is 7.64. The molecule has 1 fully saturated rings. The Labute approximate surface area is 181 Å². The molecule has 0 spiro atoms. The maximum absolute atomic E-state index is 12.5. The lowest BCUT2D eigenvalue weighted by atomic mass is 9.99. The average Bonchev–Trinajstić information content (AvgIpc) is 2.66. The lowest BCUT2D eigenvalue weighted by Crippen LogP contribution is -2.73. The predicted molar refractivity (Wildman–Crippen MR) is 116 cm³/mol.